The number of benzene rings is 2. The molecule has 2 aromatic carbocycles. The molecule has 1 saturated heterocycles. The Morgan fingerprint density at radius 1 is 1.12 bits per heavy atom. The van der Waals surface area contributed by atoms with Crippen LogP contribution in [0.25, 0.3) is 0 Å². The molecular formula is C21H23ClN2O2. The van der Waals surface area contributed by atoms with Crippen LogP contribution in [0.2, 0.25) is 5.02 Å². The van der Waals surface area contributed by atoms with E-state index in [0.29, 0.717) is 30.2 Å². The number of amides is 2. The first kappa shape index (κ1) is 18.5. The van der Waals surface area contributed by atoms with Crippen molar-refractivity contribution < 1.29 is 9.59 Å². The number of hydrogen-bond donors (Lipinski definition) is 1. The largest absolute Gasteiger partial charge is 0.355 e. The molecule has 0 radical (unpaired) electrons. The van der Waals surface area contributed by atoms with E-state index >= 15 is 0 Å². The van der Waals surface area contributed by atoms with Crippen LogP contribution in [0.15, 0.2) is 54.6 Å². The summed E-state index contributed by atoms with van der Waals surface area (Å²) in [6.07, 6.45) is 2.46. The van der Waals surface area contributed by atoms with Gasteiger partial charge >= 0.3 is 0 Å². The van der Waals surface area contributed by atoms with Crippen LogP contribution in [0.4, 0.5) is 0 Å². The number of rotatable bonds is 5. The molecule has 0 aromatic heterocycles. The standard InChI is InChI=1S/C21H23ClN2O2/c22-19-10-4-8-17(14-19)21(26)24-13-5-9-18(15-24)20(25)23-12-11-16-6-2-1-3-7-16/h1-4,6-8,10,14,18H,5,9,11-13,15H2,(H,23,25)/t18-/m1/s1. The topological polar surface area (TPSA) is 49.4 Å². The fraction of sp³-hybridized carbons (Fsp3) is 0.333. The van der Waals surface area contributed by atoms with Gasteiger partial charge in [0.05, 0.1) is 5.92 Å². The summed E-state index contributed by atoms with van der Waals surface area (Å²) in [5, 5.41) is 3.56. The Hall–Kier alpha value is -2.33. The van der Waals surface area contributed by atoms with Gasteiger partial charge in [0.1, 0.15) is 0 Å². The molecule has 5 heteroatoms. The van der Waals surface area contributed by atoms with Gasteiger partial charge in [-0.2, -0.15) is 0 Å². The third-order valence-electron chi connectivity index (χ3n) is 4.71. The normalized spacial score (nSPS) is 17.0. The molecule has 2 aromatic rings. The fourth-order valence-corrected chi connectivity index (χ4v) is 3.49. The van der Waals surface area contributed by atoms with E-state index in [-0.39, 0.29) is 17.7 Å². The minimum atomic E-state index is -0.150. The molecule has 0 saturated carbocycles. The number of halogens is 1. The summed E-state index contributed by atoms with van der Waals surface area (Å²) in [6, 6.07) is 17.0. The quantitative estimate of drug-likeness (QED) is 0.875. The van der Waals surface area contributed by atoms with E-state index in [9.17, 15) is 9.59 Å². The number of piperidine rings is 1. The van der Waals surface area contributed by atoms with Gasteiger partial charge in [0.2, 0.25) is 5.91 Å². The number of nitrogens with zero attached hydrogens (tertiary/aromatic N) is 1. The second-order valence-corrected chi connectivity index (χ2v) is 7.06. The molecule has 0 bridgehead atoms. The second-order valence-electron chi connectivity index (χ2n) is 6.63. The molecule has 2 amide bonds. The molecule has 26 heavy (non-hydrogen) atoms. The summed E-state index contributed by atoms with van der Waals surface area (Å²) < 4.78 is 0. The molecule has 0 unspecified atom stereocenters. The smallest absolute Gasteiger partial charge is 0.253 e. The highest BCUT2D eigenvalue weighted by molar-refractivity contribution is 6.30. The van der Waals surface area contributed by atoms with E-state index in [0.717, 1.165) is 19.3 Å². The van der Waals surface area contributed by atoms with Crippen molar-refractivity contribution in [2.24, 2.45) is 5.92 Å². The van der Waals surface area contributed by atoms with Crippen LogP contribution in [-0.4, -0.2) is 36.3 Å². The van der Waals surface area contributed by atoms with E-state index in [1.807, 2.05) is 18.2 Å². The summed E-state index contributed by atoms with van der Waals surface area (Å²) in [4.78, 5) is 26.9. The van der Waals surface area contributed by atoms with Gasteiger partial charge < -0.3 is 10.2 Å². The zero-order valence-corrected chi connectivity index (χ0v) is 15.4. The van der Waals surface area contributed by atoms with Gasteiger partial charge in [-0.05, 0) is 43.0 Å². The number of hydrogen-bond acceptors (Lipinski definition) is 2. The van der Waals surface area contributed by atoms with E-state index in [4.69, 9.17) is 11.6 Å². The van der Waals surface area contributed by atoms with Crippen LogP contribution in [0.1, 0.15) is 28.8 Å². The number of carbonyl (C=O) groups excluding carboxylic acids is 2. The molecule has 3 rings (SSSR count). The maximum absolute atomic E-state index is 12.7. The molecule has 1 heterocycles. The van der Waals surface area contributed by atoms with Crippen LogP contribution in [0.5, 0.6) is 0 Å². The minimum Gasteiger partial charge on any atom is -0.355 e. The summed E-state index contributed by atoms with van der Waals surface area (Å²) in [5.74, 6) is -0.179. The van der Waals surface area contributed by atoms with Gasteiger partial charge in [0, 0.05) is 30.2 Å². The SMILES string of the molecule is O=C(NCCc1ccccc1)[C@@H]1CCCN(C(=O)c2cccc(Cl)c2)C1. The average Bonchev–Trinajstić information content (AvgIpc) is 2.68. The number of carbonyl (C=O) groups is 2. The van der Waals surface area contributed by atoms with Gasteiger partial charge in [0.25, 0.3) is 5.91 Å². The molecule has 1 fully saturated rings. The zero-order chi connectivity index (χ0) is 18.4. The summed E-state index contributed by atoms with van der Waals surface area (Å²) in [5.41, 5.74) is 1.77. The Kier molecular flexibility index (Phi) is 6.29. The molecule has 1 atom stereocenters. The highest BCUT2D eigenvalue weighted by Gasteiger charge is 2.28. The van der Waals surface area contributed by atoms with Crippen molar-refractivity contribution in [2.45, 2.75) is 19.3 Å². The van der Waals surface area contributed by atoms with Crippen molar-refractivity contribution in [2.75, 3.05) is 19.6 Å². The zero-order valence-electron chi connectivity index (χ0n) is 14.7. The molecule has 0 spiro atoms. The molecule has 0 aliphatic carbocycles. The van der Waals surface area contributed by atoms with Gasteiger partial charge in [0.15, 0.2) is 0 Å². The maximum atomic E-state index is 12.7. The number of likely N-dealkylation sites (tertiary alicyclic amines) is 1. The van der Waals surface area contributed by atoms with E-state index in [1.54, 1.807) is 29.2 Å². The van der Waals surface area contributed by atoms with Crippen LogP contribution < -0.4 is 5.32 Å². The predicted octanol–water partition coefficient (Wildman–Crippen LogP) is 3.55. The third-order valence-corrected chi connectivity index (χ3v) is 4.94. The van der Waals surface area contributed by atoms with E-state index in [1.165, 1.54) is 5.56 Å². The number of nitrogens with one attached hydrogen (secondary N) is 1. The van der Waals surface area contributed by atoms with Crippen LogP contribution >= 0.6 is 11.6 Å². The first-order chi connectivity index (χ1) is 12.6. The molecule has 1 N–H and O–H groups in total. The lowest BCUT2D eigenvalue weighted by molar-refractivity contribution is -0.126. The molecule has 4 nitrogen and oxygen atoms in total. The Morgan fingerprint density at radius 2 is 1.92 bits per heavy atom. The van der Waals surface area contributed by atoms with Crippen LogP contribution in [-0.2, 0) is 11.2 Å². The van der Waals surface area contributed by atoms with Crippen LogP contribution in [0, 0.1) is 5.92 Å². The summed E-state index contributed by atoms with van der Waals surface area (Å²) >= 11 is 5.98. The Bertz CT molecular complexity index is 764. The first-order valence-electron chi connectivity index (χ1n) is 9.00. The van der Waals surface area contributed by atoms with Crippen molar-refractivity contribution in [3.8, 4) is 0 Å². The van der Waals surface area contributed by atoms with Gasteiger partial charge in [-0.1, -0.05) is 48.0 Å². The highest BCUT2D eigenvalue weighted by Crippen LogP contribution is 2.20. The lowest BCUT2D eigenvalue weighted by Gasteiger charge is -2.32. The van der Waals surface area contributed by atoms with Crippen molar-refractivity contribution in [3.63, 3.8) is 0 Å². The summed E-state index contributed by atoms with van der Waals surface area (Å²) in [7, 11) is 0. The van der Waals surface area contributed by atoms with Gasteiger partial charge in [-0.3, -0.25) is 9.59 Å². The highest BCUT2D eigenvalue weighted by atomic mass is 35.5. The van der Waals surface area contributed by atoms with Gasteiger partial charge in [-0.25, -0.2) is 0 Å². The van der Waals surface area contributed by atoms with Crippen molar-refractivity contribution in [1.82, 2.24) is 10.2 Å². The van der Waals surface area contributed by atoms with Gasteiger partial charge in [-0.15, -0.1) is 0 Å². The first-order valence-corrected chi connectivity index (χ1v) is 9.38. The van der Waals surface area contributed by atoms with E-state index in [2.05, 4.69) is 17.4 Å². The Morgan fingerprint density at radius 3 is 2.69 bits per heavy atom. The molecular weight excluding hydrogens is 348 g/mol. The third kappa shape index (κ3) is 4.85. The van der Waals surface area contributed by atoms with Crippen LogP contribution in [0.3, 0.4) is 0 Å². The lowest BCUT2D eigenvalue weighted by Crippen LogP contribution is -2.45. The molecule has 1 aliphatic rings. The Labute approximate surface area is 159 Å². The summed E-state index contributed by atoms with van der Waals surface area (Å²) in [6.45, 7) is 1.75. The molecule has 136 valence electrons. The average molecular weight is 371 g/mol. The second kappa shape index (κ2) is 8.86. The minimum absolute atomic E-state index is 0.0320. The Balaban J connectivity index is 1.52. The predicted molar refractivity (Wildman–Crippen MR) is 103 cm³/mol. The van der Waals surface area contributed by atoms with E-state index < -0.39 is 0 Å². The van der Waals surface area contributed by atoms with Crippen molar-refractivity contribution in [1.29, 1.82) is 0 Å². The molecule has 1 aliphatic heterocycles. The van der Waals surface area contributed by atoms with Crippen molar-refractivity contribution >= 4 is 23.4 Å². The van der Waals surface area contributed by atoms with Crippen molar-refractivity contribution in [3.05, 3.63) is 70.7 Å². The maximum Gasteiger partial charge on any atom is 0.253 e. The monoisotopic (exact) mass is 370 g/mol. The lowest BCUT2D eigenvalue weighted by atomic mass is 9.96. The fourth-order valence-electron chi connectivity index (χ4n) is 3.30.